The normalized spacial score (nSPS) is 23.6. The first-order valence-corrected chi connectivity index (χ1v) is 10.4. The van der Waals surface area contributed by atoms with E-state index in [1.54, 1.807) is 24.5 Å². The van der Waals surface area contributed by atoms with Crippen LogP contribution in [-0.4, -0.2) is 76.3 Å². The highest BCUT2D eigenvalue weighted by Crippen LogP contribution is 2.30. The monoisotopic (exact) mass is 492 g/mol. The van der Waals surface area contributed by atoms with E-state index in [4.69, 9.17) is 28.1 Å². The van der Waals surface area contributed by atoms with Crippen LogP contribution < -0.4 is 5.32 Å². The van der Waals surface area contributed by atoms with Gasteiger partial charge < -0.3 is 33.4 Å². The second kappa shape index (κ2) is 11.4. The van der Waals surface area contributed by atoms with Crippen LogP contribution in [0.5, 0.6) is 0 Å². The maximum Gasteiger partial charge on any atom is 0.317 e. The molecule has 0 unspecified atom stereocenters. The van der Waals surface area contributed by atoms with E-state index in [2.05, 4.69) is 20.5 Å². The molecule has 2 aromatic heterocycles. The summed E-state index contributed by atoms with van der Waals surface area (Å²) >= 11 is 0. The molecule has 0 aromatic carbocycles. The molecule has 1 aliphatic rings. The average molecular weight is 492 g/mol. The summed E-state index contributed by atoms with van der Waals surface area (Å²) in [5, 5.41) is 10.6. The van der Waals surface area contributed by atoms with Gasteiger partial charge in [0.05, 0.1) is 0 Å². The van der Waals surface area contributed by atoms with Gasteiger partial charge in [-0.15, -0.1) is 5.10 Å². The number of carbonyl (C=O) groups is 4. The van der Waals surface area contributed by atoms with Crippen LogP contribution in [0.25, 0.3) is 11.5 Å². The number of nitrogens with zero attached hydrogens (tertiary/aromatic N) is 3. The first-order chi connectivity index (χ1) is 16.6. The maximum absolute atomic E-state index is 11.9. The number of aromatic nitrogens is 3. The van der Waals surface area contributed by atoms with Crippen LogP contribution >= 0.6 is 0 Å². The molecule has 14 nitrogen and oxygen atoms in total. The molecule has 35 heavy (non-hydrogen) atoms. The summed E-state index contributed by atoms with van der Waals surface area (Å²) in [6, 6.07) is 3.20. The van der Waals surface area contributed by atoms with Gasteiger partial charge in [-0.05, 0) is 12.1 Å². The van der Waals surface area contributed by atoms with Crippen LogP contribution in [0.2, 0.25) is 0 Å². The van der Waals surface area contributed by atoms with Crippen LogP contribution in [0.1, 0.15) is 27.7 Å². The molecule has 14 heteroatoms. The number of esters is 4. The zero-order chi connectivity index (χ0) is 25.5. The molecule has 0 amide bonds. The van der Waals surface area contributed by atoms with Crippen molar-refractivity contribution in [3.8, 4) is 11.5 Å². The van der Waals surface area contributed by atoms with Gasteiger partial charge in [-0.25, -0.2) is 0 Å². The number of carbonyl (C=O) groups excluding carboxylic acids is 4. The number of hydrogen-bond donors (Lipinski definition) is 1. The molecule has 0 saturated carbocycles. The minimum atomic E-state index is -1.32. The Morgan fingerprint density at radius 3 is 2.06 bits per heavy atom. The van der Waals surface area contributed by atoms with Crippen molar-refractivity contribution in [2.75, 3.05) is 11.9 Å². The van der Waals surface area contributed by atoms with E-state index >= 15 is 0 Å². The molecule has 0 bridgehead atoms. The summed E-state index contributed by atoms with van der Waals surface area (Å²) in [6.45, 7) is 4.24. The van der Waals surface area contributed by atoms with Gasteiger partial charge in [-0.3, -0.25) is 24.2 Å². The summed E-state index contributed by atoms with van der Waals surface area (Å²) in [5.74, 6) is -2.65. The lowest BCUT2D eigenvalue weighted by Gasteiger charge is -2.44. The Balaban J connectivity index is 1.94. The molecule has 0 aliphatic carbocycles. The predicted octanol–water partition coefficient (Wildman–Crippen LogP) is 0.627. The fourth-order valence-corrected chi connectivity index (χ4v) is 3.36. The van der Waals surface area contributed by atoms with Crippen molar-refractivity contribution < 1.29 is 47.3 Å². The molecule has 3 heterocycles. The lowest BCUT2D eigenvalue weighted by atomic mass is 9.97. The van der Waals surface area contributed by atoms with Crippen molar-refractivity contribution in [2.45, 2.75) is 58.3 Å². The van der Waals surface area contributed by atoms with E-state index in [0.29, 0.717) is 5.56 Å². The Labute approximate surface area is 199 Å². The lowest BCUT2D eigenvalue weighted by Crippen LogP contribution is -2.64. The van der Waals surface area contributed by atoms with Crippen LogP contribution in [-0.2, 0) is 42.9 Å². The SMILES string of the molecule is CC(=O)OC[C@H]1O[C@@H](Nc2nnc(-c3ccncc3)o2)[C@H](OC(C)=O)[C@@H](OC(C)=O)[C@@H]1OC(C)=O. The van der Waals surface area contributed by atoms with E-state index in [0.717, 1.165) is 20.8 Å². The molecular weight excluding hydrogens is 468 g/mol. The number of pyridine rings is 1. The third-order valence-corrected chi connectivity index (χ3v) is 4.61. The van der Waals surface area contributed by atoms with Gasteiger partial charge >= 0.3 is 29.9 Å². The fraction of sp³-hybridized carbons (Fsp3) is 0.476. The molecule has 1 saturated heterocycles. The maximum atomic E-state index is 11.9. The largest absolute Gasteiger partial charge is 0.463 e. The minimum absolute atomic E-state index is 0.113. The first-order valence-electron chi connectivity index (χ1n) is 10.4. The van der Waals surface area contributed by atoms with E-state index in [-0.39, 0.29) is 18.5 Å². The Hall–Kier alpha value is -4.07. The number of ether oxygens (including phenoxy) is 5. The predicted molar refractivity (Wildman–Crippen MR) is 113 cm³/mol. The Bertz CT molecular complexity index is 1060. The Morgan fingerprint density at radius 2 is 1.46 bits per heavy atom. The molecule has 0 radical (unpaired) electrons. The van der Waals surface area contributed by atoms with Crippen LogP contribution in [0.3, 0.4) is 0 Å². The van der Waals surface area contributed by atoms with Crippen LogP contribution in [0.15, 0.2) is 28.9 Å². The van der Waals surface area contributed by atoms with Gasteiger partial charge in [0.1, 0.15) is 12.7 Å². The first kappa shape index (κ1) is 25.6. The highest BCUT2D eigenvalue weighted by Gasteiger charge is 2.52. The van der Waals surface area contributed by atoms with Gasteiger partial charge in [0.25, 0.3) is 0 Å². The highest BCUT2D eigenvalue weighted by atomic mass is 16.7. The standard InChI is InChI=1S/C21H24N4O10/c1-10(26)30-9-15-16(31-11(2)27)17(32-12(3)28)18(33-13(4)29)20(34-15)23-21-25-24-19(35-21)14-5-7-22-8-6-14/h5-8,15-18,20H,9H2,1-4H3,(H,23,25)/t15-,16-,17+,18-,20-/m1/s1. The molecule has 1 aliphatic heterocycles. The van der Waals surface area contributed by atoms with E-state index in [1.807, 2.05) is 0 Å². The van der Waals surface area contributed by atoms with Gasteiger partial charge in [0.2, 0.25) is 5.89 Å². The van der Waals surface area contributed by atoms with Gasteiger partial charge in [0.15, 0.2) is 24.5 Å². The highest BCUT2D eigenvalue weighted by molar-refractivity contribution is 5.69. The summed E-state index contributed by atoms with van der Waals surface area (Å²) < 4.78 is 32.6. The number of hydrogen-bond acceptors (Lipinski definition) is 14. The van der Waals surface area contributed by atoms with E-state index < -0.39 is 54.5 Å². The van der Waals surface area contributed by atoms with Crippen LogP contribution in [0.4, 0.5) is 6.01 Å². The zero-order valence-electron chi connectivity index (χ0n) is 19.3. The van der Waals surface area contributed by atoms with Crippen molar-refractivity contribution in [2.24, 2.45) is 0 Å². The molecule has 3 rings (SSSR count). The Morgan fingerprint density at radius 1 is 0.857 bits per heavy atom. The number of nitrogens with one attached hydrogen (secondary N) is 1. The topological polar surface area (TPSA) is 178 Å². The minimum Gasteiger partial charge on any atom is -0.463 e. The van der Waals surface area contributed by atoms with Crippen molar-refractivity contribution in [3.63, 3.8) is 0 Å². The molecule has 1 fully saturated rings. The molecule has 188 valence electrons. The van der Waals surface area contributed by atoms with E-state index in [9.17, 15) is 19.2 Å². The average Bonchev–Trinajstić information content (AvgIpc) is 3.25. The molecular formula is C21H24N4O10. The summed E-state index contributed by atoms with van der Waals surface area (Å²) in [7, 11) is 0. The second-order valence-corrected chi connectivity index (χ2v) is 7.41. The molecule has 2 aromatic rings. The summed E-state index contributed by atoms with van der Waals surface area (Å²) in [4.78, 5) is 50.9. The summed E-state index contributed by atoms with van der Waals surface area (Å²) in [5.41, 5.74) is 0.599. The number of anilines is 1. The van der Waals surface area contributed by atoms with Gasteiger partial charge in [-0.1, -0.05) is 5.10 Å². The van der Waals surface area contributed by atoms with E-state index in [1.165, 1.54) is 6.92 Å². The third-order valence-electron chi connectivity index (χ3n) is 4.61. The Kier molecular flexibility index (Phi) is 8.30. The molecule has 0 spiro atoms. The van der Waals surface area contributed by atoms with Gasteiger partial charge in [-0.2, -0.15) is 0 Å². The van der Waals surface area contributed by atoms with Crippen molar-refractivity contribution in [1.29, 1.82) is 0 Å². The van der Waals surface area contributed by atoms with Crippen LogP contribution in [0, 0.1) is 0 Å². The molecule has 1 N–H and O–H groups in total. The second-order valence-electron chi connectivity index (χ2n) is 7.41. The zero-order valence-corrected chi connectivity index (χ0v) is 19.3. The lowest BCUT2D eigenvalue weighted by molar-refractivity contribution is -0.247. The number of rotatable bonds is 8. The van der Waals surface area contributed by atoms with Gasteiger partial charge in [0, 0.05) is 45.7 Å². The quantitative estimate of drug-likeness (QED) is 0.400. The smallest absolute Gasteiger partial charge is 0.317 e. The van der Waals surface area contributed by atoms with Crippen molar-refractivity contribution in [3.05, 3.63) is 24.5 Å². The van der Waals surface area contributed by atoms with Crippen molar-refractivity contribution in [1.82, 2.24) is 15.2 Å². The fourth-order valence-electron chi connectivity index (χ4n) is 3.36. The molecule has 5 atom stereocenters. The van der Waals surface area contributed by atoms with Crippen molar-refractivity contribution >= 4 is 29.9 Å². The summed E-state index contributed by atoms with van der Waals surface area (Å²) in [6.07, 6.45) is -3.16. The third kappa shape index (κ3) is 6.96.